The van der Waals surface area contributed by atoms with Crippen molar-refractivity contribution in [3.05, 3.63) is 70.9 Å². The number of fused-ring (bicyclic) bond motifs is 1. The van der Waals surface area contributed by atoms with Crippen molar-refractivity contribution in [3.63, 3.8) is 0 Å². The number of nitriles is 1. The predicted octanol–water partition coefficient (Wildman–Crippen LogP) is 3.70. The van der Waals surface area contributed by atoms with Gasteiger partial charge >= 0.3 is 0 Å². The van der Waals surface area contributed by atoms with E-state index >= 15 is 0 Å². The van der Waals surface area contributed by atoms with E-state index in [0.717, 1.165) is 10.9 Å². The number of morpholine rings is 1. The van der Waals surface area contributed by atoms with Gasteiger partial charge in [0.25, 0.3) is 5.91 Å². The molecule has 1 fully saturated rings. The fraction of sp³-hybridized carbons (Fsp3) is 0.208. The van der Waals surface area contributed by atoms with Crippen LogP contribution in [0.5, 0.6) is 0 Å². The maximum atomic E-state index is 12.7. The van der Waals surface area contributed by atoms with Crippen LogP contribution in [0.3, 0.4) is 0 Å². The van der Waals surface area contributed by atoms with Gasteiger partial charge in [-0.3, -0.25) is 9.59 Å². The van der Waals surface area contributed by atoms with E-state index in [1.807, 2.05) is 34.9 Å². The lowest BCUT2D eigenvalue weighted by atomic mass is 10.1. The highest BCUT2D eigenvalue weighted by Crippen LogP contribution is 2.24. The molecule has 162 valence electrons. The number of ether oxygens (including phenoxy) is 1. The number of para-hydroxylation sites is 1. The highest BCUT2D eigenvalue weighted by molar-refractivity contribution is 6.30. The standard InChI is InChI=1S/C24H21ClN4O3/c25-19-5-7-20(8-6-19)27-24(31)17(14-26)13-18-15-29(22-4-2-1-3-21(18)22)16-23(30)28-9-11-32-12-10-28/h1-8,13,15H,9-12,16H2,(H,27,31)/b17-13-. The van der Waals surface area contributed by atoms with E-state index < -0.39 is 5.91 Å². The molecule has 0 aliphatic carbocycles. The Morgan fingerprint density at radius 1 is 1.12 bits per heavy atom. The molecule has 0 saturated carbocycles. The summed E-state index contributed by atoms with van der Waals surface area (Å²) in [6.45, 7) is 2.41. The highest BCUT2D eigenvalue weighted by atomic mass is 35.5. The van der Waals surface area contributed by atoms with Crippen LogP contribution in [0.4, 0.5) is 5.69 Å². The van der Waals surface area contributed by atoms with Crippen molar-refractivity contribution >= 4 is 46.1 Å². The van der Waals surface area contributed by atoms with Gasteiger partial charge in [-0.2, -0.15) is 5.26 Å². The number of hydrogen-bond donors (Lipinski definition) is 1. The normalized spacial score (nSPS) is 14.2. The number of nitrogens with zero attached hydrogens (tertiary/aromatic N) is 3. The van der Waals surface area contributed by atoms with Crippen LogP contribution in [0, 0.1) is 11.3 Å². The van der Waals surface area contributed by atoms with E-state index in [-0.39, 0.29) is 18.0 Å². The topological polar surface area (TPSA) is 87.4 Å². The molecule has 3 aromatic rings. The summed E-state index contributed by atoms with van der Waals surface area (Å²) in [5, 5.41) is 13.7. The molecule has 4 rings (SSSR count). The zero-order chi connectivity index (χ0) is 22.5. The van der Waals surface area contributed by atoms with E-state index in [0.29, 0.717) is 42.6 Å². The maximum absolute atomic E-state index is 12.7. The Hall–Kier alpha value is -3.60. The lowest BCUT2D eigenvalue weighted by Crippen LogP contribution is -2.42. The Morgan fingerprint density at radius 2 is 1.84 bits per heavy atom. The molecular formula is C24H21ClN4O3. The summed E-state index contributed by atoms with van der Waals surface area (Å²) >= 11 is 5.88. The summed E-state index contributed by atoms with van der Waals surface area (Å²) in [4.78, 5) is 27.2. The van der Waals surface area contributed by atoms with Gasteiger partial charge in [0, 0.05) is 46.5 Å². The number of halogens is 1. The molecule has 2 aromatic carbocycles. The van der Waals surface area contributed by atoms with Crippen LogP contribution in [0.2, 0.25) is 5.02 Å². The van der Waals surface area contributed by atoms with Gasteiger partial charge in [0.1, 0.15) is 18.2 Å². The molecule has 0 radical (unpaired) electrons. The minimum atomic E-state index is -0.518. The lowest BCUT2D eigenvalue weighted by molar-refractivity contribution is -0.135. The van der Waals surface area contributed by atoms with Crippen molar-refractivity contribution < 1.29 is 14.3 Å². The summed E-state index contributed by atoms with van der Waals surface area (Å²) in [6.07, 6.45) is 3.35. The number of benzene rings is 2. The molecule has 32 heavy (non-hydrogen) atoms. The third-order valence-electron chi connectivity index (χ3n) is 5.26. The highest BCUT2D eigenvalue weighted by Gasteiger charge is 2.19. The summed E-state index contributed by atoms with van der Waals surface area (Å²) < 4.78 is 7.17. The second-order valence-electron chi connectivity index (χ2n) is 7.35. The van der Waals surface area contributed by atoms with E-state index in [1.54, 1.807) is 41.4 Å². The number of hydrogen-bond acceptors (Lipinski definition) is 4. The van der Waals surface area contributed by atoms with Crippen LogP contribution in [0.25, 0.3) is 17.0 Å². The lowest BCUT2D eigenvalue weighted by Gasteiger charge is -2.27. The molecule has 1 aromatic heterocycles. The number of rotatable bonds is 5. The summed E-state index contributed by atoms with van der Waals surface area (Å²) in [7, 11) is 0. The van der Waals surface area contributed by atoms with Crippen molar-refractivity contribution in [2.24, 2.45) is 0 Å². The van der Waals surface area contributed by atoms with Crippen molar-refractivity contribution in [3.8, 4) is 6.07 Å². The molecule has 0 unspecified atom stereocenters. The quantitative estimate of drug-likeness (QED) is 0.476. The number of aromatic nitrogens is 1. The van der Waals surface area contributed by atoms with Crippen LogP contribution < -0.4 is 5.32 Å². The predicted molar refractivity (Wildman–Crippen MR) is 123 cm³/mol. The van der Waals surface area contributed by atoms with Gasteiger partial charge in [-0.15, -0.1) is 0 Å². The van der Waals surface area contributed by atoms with Crippen LogP contribution in [0.1, 0.15) is 5.56 Å². The van der Waals surface area contributed by atoms with Crippen molar-refractivity contribution in [1.82, 2.24) is 9.47 Å². The van der Waals surface area contributed by atoms with Gasteiger partial charge < -0.3 is 19.5 Å². The van der Waals surface area contributed by atoms with E-state index in [1.165, 1.54) is 0 Å². The van der Waals surface area contributed by atoms with Crippen molar-refractivity contribution in [2.75, 3.05) is 31.6 Å². The molecular weight excluding hydrogens is 428 g/mol. The molecule has 1 saturated heterocycles. The van der Waals surface area contributed by atoms with Gasteiger partial charge in [-0.05, 0) is 36.4 Å². The van der Waals surface area contributed by atoms with Gasteiger partial charge in [0.05, 0.1) is 13.2 Å². The Bertz CT molecular complexity index is 1220. The Morgan fingerprint density at radius 3 is 2.56 bits per heavy atom. The van der Waals surface area contributed by atoms with E-state index in [2.05, 4.69) is 5.32 Å². The molecule has 1 N–H and O–H groups in total. The minimum Gasteiger partial charge on any atom is -0.378 e. The molecule has 1 aliphatic heterocycles. The number of carbonyl (C=O) groups is 2. The maximum Gasteiger partial charge on any atom is 0.266 e. The minimum absolute atomic E-state index is 0.00516. The molecule has 8 heteroatoms. The third-order valence-corrected chi connectivity index (χ3v) is 5.51. The fourth-order valence-electron chi connectivity index (χ4n) is 3.62. The van der Waals surface area contributed by atoms with Crippen LogP contribution in [0.15, 0.2) is 60.3 Å². The Kier molecular flexibility index (Phi) is 6.55. The molecule has 0 bridgehead atoms. The van der Waals surface area contributed by atoms with Gasteiger partial charge in [-0.1, -0.05) is 29.8 Å². The monoisotopic (exact) mass is 448 g/mol. The smallest absolute Gasteiger partial charge is 0.266 e. The zero-order valence-electron chi connectivity index (χ0n) is 17.3. The molecule has 2 heterocycles. The summed E-state index contributed by atoms with van der Waals surface area (Å²) in [6, 6.07) is 16.2. The molecule has 1 aliphatic rings. The first-order valence-electron chi connectivity index (χ1n) is 10.2. The van der Waals surface area contributed by atoms with E-state index in [4.69, 9.17) is 16.3 Å². The largest absolute Gasteiger partial charge is 0.378 e. The fourth-order valence-corrected chi connectivity index (χ4v) is 3.74. The molecule has 0 spiro atoms. The SMILES string of the molecule is N#C/C(=C/c1cn(CC(=O)N2CCOCC2)c2ccccc12)C(=O)Nc1ccc(Cl)cc1. The summed E-state index contributed by atoms with van der Waals surface area (Å²) in [5.41, 5.74) is 2.05. The second-order valence-corrected chi connectivity index (χ2v) is 7.79. The average molecular weight is 449 g/mol. The second kappa shape index (κ2) is 9.69. The first kappa shape index (κ1) is 21.6. The van der Waals surface area contributed by atoms with Crippen LogP contribution in [-0.4, -0.2) is 47.6 Å². The summed E-state index contributed by atoms with van der Waals surface area (Å²) in [5.74, 6) is -0.512. The van der Waals surface area contributed by atoms with Gasteiger partial charge in [-0.25, -0.2) is 0 Å². The average Bonchev–Trinajstić information content (AvgIpc) is 3.16. The number of carbonyl (C=O) groups excluding carboxylic acids is 2. The third kappa shape index (κ3) is 4.83. The number of amides is 2. The first-order valence-corrected chi connectivity index (χ1v) is 10.5. The molecule has 0 atom stereocenters. The van der Waals surface area contributed by atoms with Gasteiger partial charge in [0.2, 0.25) is 5.91 Å². The van der Waals surface area contributed by atoms with Crippen LogP contribution >= 0.6 is 11.6 Å². The van der Waals surface area contributed by atoms with Crippen molar-refractivity contribution in [1.29, 1.82) is 5.26 Å². The number of anilines is 1. The number of nitrogens with one attached hydrogen (secondary N) is 1. The molecule has 7 nitrogen and oxygen atoms in total. The Labute approximate surface area is 190 Å². The molecule has 2 amide bonds. The zero-order valence-corrected chi connectivity index (χ0v) is 18.0. The van der Waals surface area contributed by atoms with Crippen LogP contribution in [-0.2, 0) is 20.9 Å². The van der Waals surface area contributed by atoms with E-state index in [9.17, 15) is 14.9 Å². The van der Waals surface area contributed by atoms with Gasteiger partial charge in [0.15, 0.2) is 0 Å². The van der Waals surface area contributed by atoms with Crippen molar-refractivity contribution in [2.45, 2.75) is 6.54 Å². The first-order chi connectivity index (χ1) is 15.5. The Balaban J connectivity index is 1.60.